The SMILES string of the molecule is O=C(O)NC1(c2ccc(-c3ccc(F)cc3F)cc2)CC1. The zero-order chi connectivity index (χ0) is 15.0. The van der Waals surface area contributed by atoms with Crippen LogP contribution < -0.4 is 5.32 Å². The maximum Gasteiger partial charge on any atom is 0.405 e. The van der Waals surface area contributed by atoms with Crippen LogP contribution in [0.4, 0.5) is 13.6 Å². The van der Waals surface area contributed by atoms with Crippen LogP contribution >= 0.6 is 0 Å². The van der Waals surface area contributed by atoms with Crippen LogP contribution in [0, 0.1) is 11.6 Å². The molecule has 1 aliphatic rings. The first-order valence-corrected chi connectivity index (χ1v) is 6.57. The fraction of sp³-hybridized carbons (Fsp3) is 0.188. The van der Waals surface area contributed by atoms with Gasteiger partial charge in [0.2, 0.25) is 0 Å². The predicted molar refractivity (Wildman–Crippen MR) is 73.9 cm³/mol. The van der Waals surface area contributed by atoms with Gasteiger partial charge in [-0.3, -0.25) is 0 Å². The maximum atomic E-state index is 13.7. The van der Waals surface area contributed by atoms with Crippen molar-refractivity contribution in [2.75, 3.05) is 0 Å². The Hall–Kier alpha value is -2.43. The summed E-state index contributed by atoms with van der Waals surface area (Å²) in [6.07, 6.45) is 0.453. The van der Waals surface area contributed by atoms with Crippen LogP contribution in [0.3, 0.4) is 0 Å². The fourth-order valence-corrected chi connectivity index (χ4v) is 2.51. The molecule has 3 nitrogen and oxygen atoms in total. The molecule has 0 unspecified atom stereocenters. The molecule has 1 fully saturated rings. The van der Waals surface area contributed by atoms with Crippen molar-refractivity contribution in [2.24, 2.45) is 0 Å². The van der Waals surface area contributed by atoms with Gasteiger partial charge in [-0.15, -0.1) is 0 Å². The average molecular weight is 289 g/mol. The first-order valence-electron chi connectivity index (χ1n) is 6.57. The number of carbonyl (C=O) groups is 1. The summed E-state index contributed by atoms with van der Waals surface area (Å²) in [7, 11) is 0. The predicted octanol–water partition coefficient (Wildman–Crippen LogP) is 3.89. The summed E-state index contributed by atoms with van der Waals surface area (Å²) >= 11 is 0. The minimum Gasteiger partial charge on any atom is -0.465 e. The number of carboxylic acid groups (broad SMARTS) is 1. The summed E-state index contributed by atoms with van der Waals surface area (Å²) < 4.78 is 26.6. The summed E-state index contributed by atoms with van der Waals surface area (Å²) in [6.45, 7) is 0. The smallest absolute Gasteiger partial charge is 0.405 e. The zero-order valence-corrected chi connectivity index (χ0v) is 11.1. The Kier molecular flexibility index (Phi) is 3.12. The highest BCUT2D eigenvalue weighted by atomic mass is 19.1. The van der Waals surface area contributed by atoms with Gasteiger partial charge in [-0.05, 0) is 36.1 Å². The highest BCUT2D eigenvalue weighted by Gasteiger charge is 2.45. The van der Waals surface area contributed by atoms with Crippen LogP contribution in [0.25, 0.3) is 11.1 Å². The van der Waals surface area contributed by atoms with Gasteiger partial charge in [0.1, 0.15) is 11.6 Å². The third-order valence-electron chi connectivity index (χ3n) is 3.78. The molecule has 108 valence electrons. The van der Waals surface area contributed by atoms with Gasteiger partial charge in [-0.1, -0.05) is 24.3 Å². The Morgan fingerprint density at radius 1 is 1.10 bits per heavy atom. The molecule has 2 aromatic rings. The Morgan fingerprint density at radius 3 is 2.29 bits per heavy atom. The van der Waals surface area contributed by atoms with Gasteiger partial charge in [-0.2, -0.15) is 0 Å². The fourth-order valence-electron chi connectivity index (χ4n) is 2.51. The lowest BCUT2D eigenvalue weighted by Gasteiger charge is -2.16. The molecule has 0 radical (unpaired) electrons. The quantitative estimate of drug-likeness (QED) is 0.900. The molecule has 0 saturated heterocycles. The molecule has 0 heterocycles. The summed E-state index contributed by atoms with van der Waals surface area (Å²) in [5.74, 6) is -1.23. The van der Waals surface area contributed by atoms with E-state index in [1.165, 1.54) is 12.1 Å². The lowest BCUT2D eigenvalue weighted by atomic mass is 9.99. The molecule has 0 atom stereocenters. The number of benzene rings is 2. The summed E-state index contributed by atoms with van der Waals surface area (Å²) in [4.78, 5) is 10.8. The molecule has 3 rings (SSSR count). The van der Waals surface area contributed by atoms with Gasteiger partial charge in [0.15, 0.2) is 0 Å². The average Bonchev–Trinajstić information content (AvgIpc) is 3.19. The molecule has 1 amide bonds. The Labute approximate surface area is 120 Å². The van der Waals surface area contributed by atoms with Crippen LogP contribution in [0.1, 0.15) is 18.4 Å². The highest BCUT2D eigenvalue weighted by Crippen LogP contribution is 2.45. The maximum absolute atomic E-state index is 13.7. The number of hydrogen-bond donors (Lipinski definition) is 2. The van der Waals surface area contributed by atoms with Crippen molar-refractivity contribution in [2.45, 2.75) is 18.4 Å². The number of amides is 1. The van der Waals surface area contributed by atoms with Crippen molar-refractivity contribution in [3.63, 3.8) is 0 Å². The molecule has 0 aromatic heterocycles. The van der Waals surface area contributed by atoms with Crippen LogP contribution in [0.15, 0.2) is 42.5 Å². The molecular formula is C16H13F2NO2. The molecular weight excluding hydrogens is 276 g/mol. The van der Waals surface area contributed by atoms with Crippen LogP contribution in [0.5, 0.6) is 0 Å². The van der Waals surface area contributed by atoms with Crippen LogP contribution in [-0.4, -0.2) is 11.2 Å². The van der Waals surface area contributed by atoms with Gasteiger partial charge in [0.05, 0.1) is 5.54 Å². The third-order valence-corrected chi connectivity index (χ3v) is 3.78. The van der Waals surface area contributed by atoms with E-state index in [-0.39, 0.29) is 0 Å². The zero-order valence-electron chi connectivity index (χ0n) is 11.1. The van der Waals surface area contributed by atoms with Crippen molar-refractivity contribution in [1.29, 1.82) is 0 Å². The van der Waals surface area contributed by atoms with E-state index in [4.69, 9.17) is 5.11 Å². The lowest BCUT2D eigenvalue weighted by Crippen LogP contribution is -2.33. The summed E-state index contributed by atoms with van der Waals surface area (Å²) in [5.41, 5.74) is 1.30. The van der Waals surface area contributed by atoms with E-state index in [1.54, 1.807) is 24.3 Å². The van der Waals surface area contributed by atoms with E-state index >= 15 is 0 Å². The Balaban J connectivity index is 1.89. The van der Waals surface area contributed by atoms with Crippen molar-refractivity contribution in [3.8, 4) is 11.1 Å². The molecule has 21 heavy (non-hydrogen) atoms. The van der Waals surface area contributed by atoms with Crippen molar-refractivity contribution in [3.05, 3.63) is 59.7 Å². The standard InChI is InChI=1S/C16H13F2NO2/c17-12-5-6-13(14(18)9-12)10-1-3-11(4-2-10)16(7-8-16)19-15(20)21/h1-6,9,19H,7-8H2,(H,20,21). The van der Waals surface area contributed by atoms with Gasteiger partial charge in [0, 0.05) is 11.6 Å². The first-order chi connectivity index (χ1) is 10.00. The summed E-state index contributed by atoms with van der Waals surface area (Å²) in [5, 5.41) is 11.4. The van der Waals surface area contributed by atoms with E-state index in [2.05, 4.69) is 5.32 Å². The summed E-state index contributed by atoms with van der Waals surface area (Å²) in [6, 6.07) is 10.4. The molecule has 5 heteroatoms. The second kappa shape index (κ2) is 4.84. The minimum atomic E-state index is -1.05. The molecule has 0 aliphatic heterocycles. The highest BCUT2D eigenvalue weighted by molar-refractivity contribution is 5.68. The van der Waals surface area contributed by atoms with Crippen LogP contribution in [-0.2, 0) is 5.54 Å². The van der Waals surface area contributed by atoms with E-state index < -0.39 is 23.3 Å². The molecule has 0 bridgehead atoms. The molecule has 1 aliphatic carbocycles. The van der Waals surface area contributed by atoms with E-state index in [0.29, 0.717) is 11.1 Å². The number of nitrogens with one attached hydrogen (secondary N) is 1. The number of hydrogen-bond acceptors (Lipinski definition) is 1. The first kappa shape index (κ1) is 13.5. The van der Waals surface area contributed by atoms with Gasteiger partial charge in [-0.25, -0.2) is 13.6 Å². The molecule has 1 saturated carbocycles. The normalized spacial score (nSPS) is 15.5. The van der Waals surface area contributed by atoms with Crippen molar-refractivity contribution < 1.29 is 18.7 Å². The molecule has 2 N–H and O–H groups in total. The van der Waals surface area contributed by atoms with Gasteiger partial charge < -0.3 is 10.4 Å². The minimum absolute atomic E-state index is 0.319. The van der Waals surface area contributed by atoms with Crippen molar-refractivity contribution in [1.82, 2.24) is 5.32 Å². The van der Waals surface area contributed by atoms with Crippen molar-refractivity contribution >= 4 is 6.09 Å². The molecule has 2 aromatic carbocycles. The Morgan fingerprint density at radius 2 is 1.76 bits per heavy atom. The van der Waals surface area contributed by atoms with Gasteiger partial charge >= 0.3 is 6.09 Å². The number of halogens is 2. The third kappa shape index (κ3) is 2.59. The monoisotopic (exact) mass is 289 g/mol. The largest absolute Gasteiger partial charge is 0.465 e. The van der Waals surface area contributed by atoms with E-state index in [1.807, 2.05) is 0 Å². The lowest BCUT2D eigenvalue weighted by molar-refractivity contribution is 0.188. The second-order valence-corrected chi connectivity index (χ2v) is 5.21. The van der Waals surface area contributed by atoms with E-state index in [0.717, 1.165) is 24.5 Å². The number of rotatable bonds is 3. The second-order valence-electron chi connectivity index (χ2n) is 5.21. The van der Waals surface area contributed by atoms with E-state index in [9.17, 15) is 13.6 Å². The van der Waals surface area contributed by atoms with Crippen LogP contribution in [0.2, 0.25) is 0 Å². The van der Waals surface area contributed by atoms with Gasteiger partial charge in [0.25, 0.3) is 0 Å². The topological polar surface area (TPSA) is 49.3 Å². The Bertz CT molecular complexity index is 694. The molecule has 0 spiro atoms.